The van der Waals surface area contributed by atoms with Crippen molar-refractivity contribution in [2.24, 2.45) is 0 Å². The van der Waals surface area contributed by atoms with Crippen LogP contribution in [0.2, 0.25) is 0 Å². The predicted molar refractivity (Wildman–Crippen MR) is 99.6 cm³/mol. The van der Waals surface area contributed by atoms with E-state index in [1.54, 1.807) is 24.3 Å². The standard InChI is InChI=1S/C21H18O6/c1-24-17-11-14(12-18(25-2)19(17)26-3)10-16-15(20(22)27-21(16)23)9-13-7-5-4-6-8-13/h4-12H,1-3H3/b15-9+,16-10+. The highest BCUT2D eigenvalue weighted by Gasteiger charge is 2.33. The van der Waals surface area contributed by atoms with Crippen LogP contribution in [0.1, 0.15) is 11.1 Å². The van der Waals surface area contributed by atoms with Crippen LogP contribution in [0, 0.1) is 0 Å². The van der Waals surface area contributed by atoms with E-state index in [-0.39, 0.29) is 11.1 Å². The van der Waals surface area contributed by atoms with Crippen molar-refractivity contribution in [3.63, 3.8) is 0 Å². The Balaban J connectivity index is 2.10. The van der Waals surface area contributed by atoms with Crippen molar-refractivity contribution in [2.75, 3.05) is 21.3 Å². The summed E-state index contributed by atoms with van der Waals surface area (Å²) < 4.78 is 20.7. The second-order valence-electron chi connectivity index (χ2n) is 5.66. The van der Waals surface area contributed by atoms with E-state index in [0.29, 0.717) is 22.8 Å². The normalized spacial score (nSPS) is 16.6. The van der Waals surface area contributed by atoms with E-state index in [2.05, 4.69) is 0 Å². The lowest BCUT2D eigenvalue weighted by Gasteiger charge is -2.13. The summed E-state index contributed by atoms with van der Waals surface area (Å²) in [5, 5.41) is 0. The van der Waals surface area contributed by atoms with E-state index in [1.807, 2.05) is 30.3 Å². The molecule has 1 heterocycles. The molecule has 1 aliphatic heterocycles. The predicted octanol–water partition coefficient (Wildman–Crippen LogP) is 3.26. The summed E-state index contributed by atoms with van der Waals surface area (Å²) in [5.41, 5.74) is 1.75. The van der Waals surface area contributed by atoms with Crippen LogP contribution in [-0.4, -0.2) is 33.3 Å². The molecule has 0 atom stereocenters. The third-order valence-electron chi connectivity index (χ3n) is 4.02. The van der Waals surface area contributed by atoms with E-state index < -0.39 is 11.9 Å². The summed E-state index contributed by atoms with van der Waals surface area (Å²) in [5.74, 6) is -0.0595. The lowest BCUT2D eigenvalue weighted by Crippen LogP contribution is -1.98. The molecule has 0 unspecified atom stereocenters. The van der Waals surface area contributed by atoms with Gasteiger partial charge in [-0.05, 0) is 35.4 Å². The van der Waals surface area contributed by atoms with Crippen molar-refractivity contribution >= 4 is 24.1 Å². The maximum absolute atomic E-state index is 12.2. The molecule has 27 heavy (non-hydrogen) atoms. The molecule has 0 spiro atoms. The van der Waals surface area contributed by atoms with Gasteiger partial charge in [-0.3, -0.25) is 0 Å². The van der Waals surface area contributed by atoms with Gasteiger partial charge in [0, 0.05) is 0 Å². The van der Waals surface area contributed by atoms with E-state index >= 15 is 0 Å². The monoisotopic (exact) mass is 366 g/mol. The number of methoxy groups -OCH3 is 3. The van der Waals surface area contributed by atoms with Gasteiger partial charge in [-0.25, -0.2) is 9.59 Å². The molecule has 2 aromatic rings. The minimum atomic E-state index is -0.698. The number of cyclic esters (lactones) is 2. The molecule has 0 bridgehead atoms. The van der Waals surface area contributed by atoms with E-state index in [0.717, 1.165) is 5.56 Å². The SMILES string of the molecule is COc1cc(/C=C2/C(=O)OC(=O)/C2=C/c2ccccc2)cc(OC)c1OC. The molecular formula is C21H18O6. The molecule has 0 saturated carbocycles. The van der Waals surface area contributed by atoms with Crippen LogP contribution < -0.4 is 14.2 Å². The van der Waals surface area contributed by atoms with Crippen molar-refractivity contribution in [3.8, 4) is 17.2 Å². The number of benzene rings is 2. The first-order chi connectivity index (χ1) is 13.1. The number of hydrogen-bond donors (Lipinski definition) is 0. The van der Waals surface area contributed by atoms with Gasteiger partial charge in [0.15, 0.2) is 11.5 Å². The summed E-state index contributed by atoms with van der Waals surface area (Å²) >= 11 is 0. The molecule has 0 aliphatic carbocycles. The topological polar surface area (TPSA) is 71.1 Å². The Hall–Kier alpha value is -3.54. The summed E-state index contributed by atoms with van der Waals surface area (Å²) in [6, 6.07) is 12.6. The number of hydrogen-bond acceptors (Lipinski definition) is 6. The third kappa shape index (κ3) is 3.69. The molecule has 6 nitrogen and oxygen atoms in total. The molecule has 2 aromatic carbocycles. The van der Waals surface area contributed by atoms with Crippen LogP contribution in [0.3, 0.4) is 0 Å². The van der Waals surface area contributed by atoms with Crippen LogP contribution in [0.15, 0.2) is 53.6 Å². The fourth-order valence-corrected chi connectivity index (χ4v) is 2.75. The Morgan fingerprint density at radius 1 is 0.741 bits per heavy atom. The number of rotatable bonds is 5. The second-order valence-corrected chi connectivity index (χ2v) is 5.66. The average Bonchev–Trinajstić information content (AvgIpc) is 2.94. The van der Waals surface area contributed by atoms with Crippen LogP contribution >= 0.6 is 0 Å². The van der Waals surface area contributed by atoms with Crippen molar-refractivity contribution in [1.29, 1.82) is 0 Å². The number of carbonyl (C=O) groups is 2. The van der Waals surface area contributed by atoms with Gasteiger partial charge in [0.05, 0.1) is 32.5 Å². The van der Waals surface area contributed by atoms with Gasteiger partial charge in [-0.1, -0.05) is 30.3 Å². The first kappa shape index (κ1) is 18.3. The minimum Gasteiger partial charge on any atom is -0.493 e. The lowest BCUT2D eigenvalue weighted by molar-refractivity contribution is -0.149. The maximum atomic E-state index is 12.2. The van der Waals surface area contributed by atoms with Crippen molar-refractivity contribution in [2.45, 2.75) is 0 Å². The highest BCUT2D eigenvalue weighted by Crippen LogP contribution is 2.39. The molecule has 1 aliphatic rings. The number of esters is 2. The first-order valence-electron chi connectivity index (χ1n) is 8.12. The van der Waals surface area contributed by atoms with Gasteiger partial charge in [0.25, 0.3) is 0 Å². The summed E-state index contributed by atoms with van der Waals surface area (Å²) in [6.07, 6.45) is 3.18. The molecule has 0 aromatic heterocycles. The Morgan fingerprint density at radius 2 is 1.26 bits per heavy atom. The van der Waals surface area contributed by atoms with Crippen LogP contribution in [0.5, 0.6) is 17.2 Å². The molecule has 6 heteroatoms. The number of carbonyl (C=O) groups excluding carboxylic acids is 2. The van der Waals surface area contributed by atoms with Crippen molar-refractivity contribution in [3.05, 3.63) is 64.7 Å². The van der Waals surface area contributed by atoms with Gasteiger partial charge in [0.2, 0.25) is 5.75 Å². The summed E-state index contributed by atoms with van der Waals surface area (Å²) in [4.78, 5) is 24.3. The maximum Gasteiger partial charge on any atom is 0.346 e. The highest BCUT2D eigenvalue weighted by atomic mass is 16.6. The molecule has 0 amide bonds. The molecular weight excluding hydrogens is 348 g/mol. The van der Waals surface area contributed by atoms with Gasteiger partial charge >= 0.3 is 11.9 Å². The summed E-state index contributed by atoms with van der Waals surface area (Å²) in [7, 11) is 4.51. The third-order valence-corrected chi connectivity index (χ3v) is 4.02. The zero-order chi connectivity index (χ0) is 19.4. The highest BCUT2D eigenvalue weighted by molar-refractivity contribution is 6.22. The van der Waals surface area contributed by atoms with Gasteiger partial charge in [0.1, 0.15) is 0 Å². The van der Waals surface area contributed by atoms with Gasteiger partial charge < -0.3 is 18.9 Å². The van der Waals surface area contributed by atoms with Crippen molar-refractivity contribution < 1.29 is 28.5 Å². The smallest absolute Gasteiger partial charge is 0.346 e. The van der Waals surface area contributed by atoms with E-state index in [9.17, 15) is 9.59 Å². The largest absolute Gasteiger partial charge is 0.493 e. The molecule has 3 rings (SSSR count). The van der Waals surface area contributed by atoms with E-state index in [4.69, 9.17) is 18.9 Å². The quantitative estimate of drug-likeness (QED) is 0.460. The zero-order valence-electron chi connectivity index (χ0n) is 15.1. The van der Waals surface area contributed by atoms with Gasteiger partial charge in [-0.15, -0.1) is 0 Å². The zero-order valence-corrected chi connectivity index (χ0v) is 15.1. The molecule has 1 saturated heterocycles. The van der Waals surface area contributed by atoms with Crippen LogP contribution in [0.25, 0.3) is 12.2 Å². The first-order valence-corrected chi connectivity index (χ1v) is 8.12. The number of ether oxygens (including phenoxy) is 4. The lowest BCUT2D eigenvalue weighted by atomic mass is 10.0. The van der Waals surface area contributed by atoms with Crippen LogP contribution in [-0.2, 0) is 14.3 Å². The Labute approximate surface area is 156 Å². The fraction of sp³-hybridized carbons (Fsp3) is 0.143. The van der Waals surface area contributed by atoms with E-state index in [1.165, 1.54) is 21.3 Å². The van der Waals surface area contributed by atoms with Gasteiger partial charge in [-0.2, -0.15) is 0 Å². The molecule has 1 fully saturated rings. The molecule has 0 radical (unpaired) electrons. The van der Waals surface area contributed by atoms with Crippen LogP contribution in [0.4, 0.5) is 0 Å². The average molecular weight is 366 g/mol. The Morgan fingerprint density at radius 3 is 1.74 bits per heavy atom. The molecule has 138 valence electrons. The molecule has 0 N–H and O–H groups in total. The van der Waals surface area contributed by atoms with Crippen molar-refractivity contribution in [1.82, 2.24) is 0 Å². The second kappa shape index (κ2) is 7.78. The Bertz CT molecular complexity index is 915. The Kier molecular flexibility index (Phi) is 5.26. The fourth-order valence-electron chi connectivity index (χ4n) is 2.75. The summed E-state index contributed by atoms with van der Waals surface area (Å²) in [6.45, 7) is 0. The minimum absolute atomic E-state index is 0.165.